The van der Waals surface area contributed by atoms with Crippen LogP contribution in [0.4, 0.5) is 0 Å². The summed E-state index contributed by atoms with van der Waals surface area (Å²) in [6, 6.07) is 0. The van der Waals surface area contributed by atoms with E-state index >= 15 is 0 Å². The fourth-order valence-corrected chi connectivity index (χ4v) is 2.29. The summed E-state index contributed by atoms with van der Waals surface area (Å²) >= 11 is 0. The van der Waals surface area contributed by atoms with Crippen LogP contribution in [0, 0.1) is 0 Å². The van der Waals surface area contributed by atoms with Gasteiger partial charge < -0.3 is 10.4 Å². The molecule has 2 atom stereocenters. The van der Waals surface area contributed by atoms with Gasteiger partial charge in [0, 0.05) is 5.70 Å². The van der Waals surface area contributed by atoms with Gasteiger partial charge in [-0.25, -0.2) is 0 Å². The van der Waals surface area contributed by atoms with Gasteiger partial charge in [0.15, 0.2) is 0 Å². The van der Waals surface area contributed by atoms with E-state index in [-0.39, 0.29) is 7.92 Å². The van der Waals surface area contributed by atoms with Crippen LogP contribution in [0.15, 0.2) is 24.2 Å². The molecule has 2 unspecified atom stereocenters. The average molecular weight is 201 g/mol. The van der Waals surface area contributed by atoms with Crippen molar-refractivity contribution in [1.82, 2.24) is 5.32 Å². The Morgan fingerprint density at radius 2 is 2.31 bits per heavy atom. The second-order valence-electron chi connectivity index (χ2n) is 3.14. The highest BCUT2D eigenvalue weighted by Gasteiger charge is 2.00. The number of aliphatic hydroxyl groups excluding tert-OH is 1. The van der Waals surface area contributed by atoms with Crippen LogP contribution < -0.4 is 5.32 Å². The third-order valence-corrected chi connectivity index (χ3v) is 3.32. The van der Waals surface area contributed by atoms with Gasteiger partial charge in [0.25, 0.3) is 0 Å². The quantitative estimate of drug-likeness (QED) is 0.511. The van der Waals surface area contributed by atoms with E-state index in [1.54, 1.807) is 6.92 Å². The van der Waals surface area contributed by atoms with Crippen LogP contribution in [0.25, 0.3) is 0 Å². The summed E-state index contributed by atoms with van der Waals surface area (Å²) in [5, 5.41) is 11.9. The summed E-state index contributed by atoms with van der Waals surface area (Å²) in [5.74, 6) is 2.24. The minimum absolute atomic E-state index is 0.00118. The Morgan fingerprint density at radius 3 is 2.77 bits per heavy atom. The van der Waals surface area contributed by atoms with E-state index in [2.05, 4.69) is 30.5 Å². The number of allylic oxidation sites excluding steroid dienone is 2. The van der Waals surface area contributed by atoms with Crippen molar-refractivity contribution >= 4 is 7.92 Å². The molecule has 0 aliphatic rings. The Hall–Kier alpha value is -0.330. The highest BCUT2D eigenvalue weighted by molar-refractivity contribution is 7.60. The second kappa shape index (κ2) is 7.11. The molecule has 0 aromatic carbocycles. The first-order valence-electron chi connectivity index (χ1n) is 4.51. The lowest BCUT2D eigenvalue weighted by Gasteiger charge is -2.13. The molecule has 0 radical (unpaired) electrons. The number of rotatable bonds is 6. The molecule has 0 fully saturated rings. The van der Waals surface area contributed by atoms with Crippen molar-refractivity contribution in [2.24, 2.45) is 0 Å². The van der Waals surface area contributed by atoms with E-state index in [4.69, 9.17) is 5.11 Å². The number of hydrogen-bond donors (Lipinski definition) is 2. The monoisotopic (exact) mass is 201 g/mol. The molecule has 0 aliphatic heterocycles. The molecular formula is C10H20NOP. The molecule has 0 rings (SSSR count). The summed E-state index contributed by atoms with van der Waals surface area (Å²) in [5.41, 5.74) is 0.925. The van der Waals surface area contributed by atoms with E-state index in [1.807, 2.05) is 6.92 Å². The van der Waals surface area contributed by atoms with Crippen molar-refractivity contribution < 1.29 is 5.11 Å². The van der Waals surface area contributed by atoms with Crippen molar-refractivity contribution in [1.29, 1.82) is 0 Å². The molecule has 0 aliphatic carbocycles. The minimum atomic E-state index is -0.489. The van der Waals surface area contributed by atoms with E-state index < -0.39 is 6.23 Å². The van der Waals surface area contributed by atoms with Crippen molar-refractivity contribution in [3.63, 3.8) is 0 Å². The van der Waals surface area contributed by atoms with E-state index in [9.17, 15) is 0 Å². The lowest BCUT2D eigenvalue weighted by atomic mass is 10.4. The Balaban J connectivity index is 3.57. The van der Waals surface area contributed by atoms with Gasteiger partial charge in [-0.3, -0.25) is 0 Å². The van der Waals surface area contributed by atoms with Gasteiger partial charge in [0.05, 0.1) is 0 Å². The lowest BCUT2D eigenvalue weighted by Crippen LogP contribution is -2.24. The van der Waals surface area contributed by atoms with Crippen LogP contribution in [0.1, 0.15) is 20.3 Å². The van der Waals surface area contributed by atoms with Crippen LogP contribution in [-0.4, -0.2) is 24.2 Å². The SMILES string of the molecule is C=C(CCP(C)C=CC)NC(C)O. The van der Waals surface area contributed by atoms with Gasteiger partial charge in [-0.15, -0.1) is 0 Å². The molecule has 3 heteroatoms. The third-order valence-electron chi connectivity index (χ3n) is 1.58. The van der Waals surface area contributed by atoms with Crippen molar-refractivity contribution in [2.75, 3.05) is 12.8 Å². The van der Waals surface area contributed by atoms with Gasteiger partial charge in [0.1, 0.15) is 6.23 Å². The van der Waals surface area contributed by atoms with Crippen LogP contribution in [0.3, 0.4) is 0 Å². The van der Waals surface area contributed by atoms with E-state index in [0.29, 0.717) is 0 Å². The maximum absolute atomic E-state index is 9.01. The van der Waals surface area contributed by atoms with Gasteiger partial charge >= 0.3 is 0 Å². The molecular weight excluding hydrogens is 181 g/mol. The summed E-state index contributed by atoms with van der Waals surface area (Å²) in [4.78, 5) is 0. The Kier molecular flexibility index (Phi) is 6.93. The van der Waals surface area contributed by atoms with Gasteiger partial charge in [0.2, 0.25) is 0 Å². The summed E-state index contributed by atoms with van der Waals surface area (Å²) in [7, 11) is -0.00118. The predicted molar refractivity (Wildman–Crippen MR) is 61.1 cm³/mol. The molecule has 0 saturated heterocycles. The molecule has 2 nitrogen and oxygen atoms in total. The Bertz CT molecular complexity index is 178. The summed E-state index contributed by atoms with van der Waals surface area (Å²) in [6.07, 6.45) is 3.68. The molecule has 2 N–H and O–H groups in total. The normalized spacial score (nSPS) is 15.7. The maximum atomic E-state index is 9.01. The highest BCUT2D eigenvalue weighted by Crippen LogP contribution is 2.33. The fraction of sp³-hybridized carbons (Fsp3) is 0.600. The van der Waals surface area contributed by atoms with E-state index in [1.165, 1.54) is 0 Å². The molecule has 0 saturated carbocycles. The first-order valence-corrected chi connectivity index (χ1v) is 6.56. The van der Waals surface area contributed by atoms with Crippen molar-refractivity contribution in [2.45, 2.75) is 26.5 Å². The Labute approximate surface area is 82.5 Å². The molecule has 0 spiro atoms. The predicted octanol–water partition coefficient (Wildman–Crippen LogP) is 2.46. The average Bonchev–Trinajstić information content (AvgIpc) is 2.00. The number of hydrogen-bond acceptors (Lipinski definition) is 2. The molecule has 76 valence electrons. The standard InChI is InChI=1S/C10H20NOP/c1-5-7-13(4)8-6-9(2)11-10(3)12/h5,7,10-12H,2,6,8H2,1,3-4H3. The number of aliphatic hydroxyl groups is 1. The highest BCUT2D eigenvalue weighted by atomic mass is 31.1. The molecule has 0 heterocycles. The zero-order chi connectivity index (χ0) is 10.3. The fourth-order valence-electron chi connectivity index (χ4n) is 1.01. The lowest BCUT2D eigenvalue weighted by molar-refractivity contribution is 0.168. The molecule has 0 bridgehead atoms. The Morgan fingerprint density at radius 1 is 1.69 bits per heavy atom. The molecule has 0 aromatic rings. The third kappa shape index (κ3) is 8.01. The minimum Gasteiger partial charge on any atom is -0.374 e. The topological polar surface area (TPSA) is 32.3 Å². The molecule has 0 amide bonds. The van der Waals surface area contributed by atoms with E-state index in [0.717, 1.165) is 18.3 Å². The van der Waals surface area contributed by atoms with Crippen LogP contribution in [0.5, 0.6) is 0 Å². The maximum Gasteiger partial charge on any atom is 0.121 e. The van der Waals surface area contributed by atoms with Gasteiger partial charge in [-0.05, 0) is 33.1 Å². The van der Waals surface area contributed by atoms with Crippen LogP contribution in [-0.2, 0) is 0 Å². The largest absolute Gasteiger partial charge is 0.374 e. The summed E-state index contributed by atoms with van der Waals surface area (Å²) in [6.45, 7) is 9.83. The summed E-state index contributed by atoms with van der Waals surface area (Å²) < 4.78 is 0. The van der Waals surface area contributed by atoms with Crippen LogP contribution >= 0.6 is 7.92 Å². The van der Waals surface area contributed by atoms with Crippen molar-refractivity contribution in [3.8, 4) is 0 Å². The first-order chi connectivity index (χ1) is 6.06. The zero-order valence-electron chi connectivity index (χ0n) is 8.75. The van der Waals surface area contributed by atoms with Crippen LogP contribution in [0.2, 0.25) is 0 Å². The number of nitrogens with one attached hydrogen (secondary N) is 1. The smallest absolute Gasteiger partial charge is 0.121 e. The molecule has 13 heavy (non-hydrogen) atoms. The first kappa shape index (κ1) is 12.7. The van der Waals surface area contributed by atoms with Gasteiger partial charge in [-0.1, -0.05) is 26.4 Å². The zero-order valence-corrected chi connectivity index (χ0v) is 9.64. The second-order valence-corrected chi connectivity index (χ2v) is 5.40. The molecule has 0 aromatic heterocycles. The van der Waals surface area contributed by atoms with Gasteiger partial charge in [-0.2, -0.15) is 0 Å². The van der Waals surface area contributed by atoms with Crippen molar-refractivity contribution in [3.05, 3.63) is 24.2 Å².